The zero-order chi connectivity index (χ0) is 23.0. The highest BCUT2D eigenvalue weighted by Crippen LogP contribution is 2.30. The topological polar surface area (TPSA) is 71.1 Å². The Labute approximate surface area is 184 Å². The van der Waals surface area contributed by atoms with E-state index in [1.807, 2.05) is 44.9 Å². The Kier molecular flexibility index (Phi) is 8.88. The Morgan fingerprint density at radius 3 is 2.26 bits per heavy atom. The summed E-state index contributed by atoms with van der Waals surface area (Å²) in [5.41, 5.74) is 3.29. The number of likely N-dealkylation sites (N-methyl/N-ethyl adjacent to an activating group) is 1. The fourth-order valence-corrected chi connectivity index (χ4v) is 3.41. The molecule has 2 rings (SSSR count). The van der Waals surface area contributed by atoms with Crippen LogP contribution in [0.15, 0.2) is 36.4 Å². The van der Waals surface area contributed by atoms with Gasteiger partial charge in [0.15, 0.2) is 11.5 Å². The summed E-state index contributed by atoms with van der Waals surface area (Å²) in [6.45, 7) is 7.98. The van der Waals surface area contributed by atoms with Crippen LogP contribution in [-0.4, -0.2) is 62.5 Å². The summed E-state index contributed by atoms with van der Waals surface area (Å²) in [5.74, 6) is 1.16. The van der Waals surface area contributed by atoms with E-state index in [4.69, 9.17) is 9.47 Å². The molecule has 7 nitrogen and oxygen atoms in total. The highest BCUT2D eigenvalue weighted by atomic mass is 16.5. The second-order valence-corrected chi connectivity index (χ2v) is 7.41. The monoisotopic (exact) mass is 427 g/mol. The minimum absolute atomic E-state index is 0.0397. The van der Waals surface area contributed by atoms with Crippen molar-refractivity contribution in [2.45, 2.75) is 27.3 Å². The number of benzene rings is 2. The van der Waals surface area contributed by atoms with Crippen LogP contribution in [0.2, 0.25) is 0 Å². The number of methoxy groups -OCH3 is 2. The molecule has 2 aromatic rings. The molecular weight excluding hydrogens is 394 g/mol. The van der Waals surface area contributed by atoms with Gasteiger partial charge in [-0.3, -0.25) is 14.5 Å². The summed E-state index contributed by atoms with van der Waals surface area (Å²) in [6, 6.07) is 10.9. The molecule has 0 aliphatic carbocycles. The molecule has 1 N–H and O–H groups in total. The molecule has 0 radical (unpaired) electrons. The van der Waals surface area contributed by atoms with Crippen molar-refractivity contribution in [3.05, 3.63) is 53.1 Å². The Hall–Kier alpha value is -3.06. The van der Waals surface area contributed by atoms with Crippen LogP contribution < -0.4 is 14.8 Å². The van der Waals surface area contributed by atoms with Crippen LogP contribution in [0.4, 0.5) is 5.69 Å². The highest BCUT2D eigenvalue weighted by Gasteiger charge is 2.15. The van der Waals surface area contributed by atoms with Crippen molar-refractivity contribution >= 4 is 17.5 Å². The van der Waals surface area contributed by atoms with Crippen LogP contribution >= 0.6 is 0 Å². The quantitative estimate of drug-likeness (QED) is 0.628. The molecule has 0 bridgehead atoms. The largest absolute Gasteiger partial charge is 0.493 e. The number of carbonyl (C=O) groups is 2. The van der Waals surface area contributed by atoms with E-state index in [-0.39, 0.29) is 18.4 Å². The van der Waals surface area contributed by atoms with E-state index >= 15 is 0 Å². The molecule has 0 aliphatic rings. The summed E-state index contributed by atoms with van der Waals surface area (Å²) in [4.78, 5) is 28.8. The minimum atomic E-state index is -0.145. The molecule has 0 saturated carbocycles. The lowest BCUT2D eigenvalue weighted by molar-refractivity contribution is -0.117. The molecule has 0 unspecified atom stereocenters. The van der Waals surface area contributed by atoms with Gasteiger partial charge in [-0.25, -0.2) is 0 Å². The summed E-state index contributed by atoms with van der Waals surface area (Å²) in [7, 11) is 5.10. The van der Waals surface area contributed by atoms with Gasteiger partial charge in [0, 0.05) is 30.9 Å². The van der Waals surface area contributed by atoms with Crippen LogP contribution in [0, 0.1) is 6.92 Å². The number of amides is 2. The molecule has 0 atom stereocenters. The number of rotatable bonds is 10. The number of hydrogen-bond acceptors (Lipinski definition) is 5. The molecule has 168 valence electrons. The molecule has 0 aromatic heterocycles. The van der Waals surface area contributed by atoms with Gasteiger partial charge in [-0.15, -0.1) is 0 Å². The molecule has 31 heavy (non-hydrogen) atoms. The van der Waals surface area contributed by atoms with Crippen molar-refractivity contribution in [1.82, 2.24) is 9.80 Å². The normalized spacial score (nSPS) is 10.7. The lowest BCUT2D eigenvalue weighted by Crippen LogP contribution is -2.31. The fraction of sp³-hybridized carbons (Fsp3) is 0.417. The number of hydrogen-bond donors (Lipinski definition) is 1. The van der Waals surface area contributed by atoms with Gasteiger partial charge in [0.05, 0.1) is 20.8 Å². The van der Waals surface area contributed by atoms with Gasteiger partial charge in [-0.05, 0) is 69.3 Å². The van der Waals surface area contributed by atoms with Gasteiger partial charge in [-0.1, -0.05) is 6.07 Å². The Morgan fingerprint density at radius 2 is 1.65 bits per heavy atom. The van der Waals surface area contributed by atoms with E-state index in [0.29, 0.717) is 42.4 Å². The lowest BCUT2D eigenvalue weighted by atomic mass is 10.1. The van der Waals surface area contributed by atoms with Crippen LogP contribution in [0.5, 0.6) is 11.5 Å². The van der Waals surface area contributed by atoms with E-state index in [1.54, 1.807) is 43.4 Å². The number of nitrogens with one attached hydrogen (secondary N) is 1. The number of nitrogens with zero attached hydrogens (tertiary/aromatic N) is 2. The first-order valence-electron chi connectivity index (χ1n) is 10.4. The molecule has 2 amide bonds. The fourth-order valence-electron chi connectivity index (χ4n) is 3.41. The summed E-state index contributed by atoms with van der Waals surface area (Å²) >= 11 is 0. The van der Waals surface area contributed by atoms with Crippen molar-refractivity contribution in [3.63, 3.8) is 0 Å². The third kappa shape index (κ3) is 6.46. The van der Waals surface area contributed by atoms with Gasteiger partial charge in [0.1, 0.15) is 0 Å². The van der Waals surface area contributed by atoms with Crippen molar-refractivity contribution in [1.29, 1.82) is 0 Å². The first kappa shape index (κ1) is 24.2. The van der Waals surface area contributed by atoms with Crippen molar-refractivity contribution in [2.24, 2.45) is 0 Å². The second-order valence-electron chi connectivity index (χ2n) is 7.41. The molecule has 0 fully saturated rings. The molecule has 0 heterocycles. The maximum Gasteiger partial charge on any atom is 0.253 e. The first-order chi connectivity index (χ1) is 14.8. The number of ether oxygens (including phenoxy) is 2. The average molecular weight is 428 g/mol. The Morgan fingerprint density at radius 1 is 1.00 bits per heavy atom. The number of carbonyl (C=O) groups excluding carboxylic acids is 2. The van der Waals surface area contributed by atoms with Crippen molar-refractivity contribution in [3.8, 4) is 11.5 Å². The van der Waals surface area contributed by atoms with Gasteiger partial charge in [-0.2, -0.15) is 0 Å². The minimum Gasteiger partial charge on any atom is -0.493 e. The molecule has 0 spiro atoms. The standard InChI is InChI=1S/C24H33N3O4/c1-7-27(8-2)24(29)18-10-9-11-20(13-18)25-23(28)16-26(4)15-19-14-22(31-6)21(30-5)12-17(19)3/h9-14H,7-8,15-16H2,1-6H3,(H,25,28). The van der Waals surface area contributed by atoms with E-state index in [0.717, 1.165) is 11.1 Å². The second kappa shape index (κ2) is 11.4. The van der Waals surface area contributed by atoms with Crippen LogP contribution in [0.3, 0.4) is 0 Å². The lowest BCUT2D eigenvalue weighted by Gasteiger charge is -2.20. The van der Waals surface area contributed by atoms with Crippen LogP contribution in [0.1, 0.15) is 35.3 Å². The molecule has 2 aromatic carbocycles. The van der Waals surface area contributed by atoms with Gasteiger partial charge >= 0.3 is 0 Å². The maximum absolute atomic E-state index is 12.6. The number of aryl methyl sites for hydroxylation is 1. The van der Waals surface area contributed by atoms with Crippen molar-refractivity contribution in [2.75, 3.05) is 46.2 Å². The molecule has 0 aliphatic heterocycles. The van der Waals surface area contributed by atoms with Gasteiger partial charge in [0.25, 0.3) is 5.91 Å². The zero-order valence-electron chi connectivity index (χ0n) is 19.3. The highest BCUT2D eigenvalue weighted by molar-refractivity contribution is 5.97. The Balaban J connectivity index is 2.02. The summed E-state index contributed by atoms with van der Waals surface area (Å²) in [5, 5.41) is 2.89. The van der Waals surface area contributed by atoms with E-state index in [1.165, 1.54) is 0 Å². The smallest absolute Gasteiger partial charge is 0.253 e. The van der Waals surface area contributed by atoms with Crippen molar-refractivity contribution < 1.29 is 19.1 Å². The first-order valence-corrected chi connectivity index (χ1v) is 10.4. The third-order valence-electron chi connectivity index (χ3n) is 5.14. The van der Waals surface area contributed by atoms with E-state index < -0.39 is 0 Å². The zero-order valence-corrected chi connectivity index (χ0v) is 19.3. The van der Waals surface area contributed by atoms with E-state index in [9.17, 15) is 9.59 Å². The third-order valence-corrected chi connectivity index (χ3v) is 5.14. The molecule has 0 saturated heterocycles. The predicted molar refractivity (Wildman–Crippen MR) is 123 cm³/mol. The summed E-state index contributed by atoms with van der Waals surface area (Å²) < 4.78 is 10.7. The van der Waals surface area contributed by atoms with E-state index in [2.05, 4.69) is 5.32 Å². The summed E-state index contributed by atoms with van der Waals surface area (Å²) in [6.07, 6.45) is 0. The predicted octanol–water partition coefficient (Wildman–Crippen LogP) is 3.56. The molecular formula is C24H33N3O4. The average Bonchev–Trinajstić information content (AvgIpc) is 2.75. The Bertz CT molecular complexity index is 910. The van der Waals surface area contributed by atoms with Gasteiger partial charge in [0.2, 0.25) is 5.91 Å². The SMILES string of the molecule is CCN(CC)C(=O)c1cccc(NC(=O)CN(C)Cc2cc(OC)c(OC)cc2C)c1. The molecule has 7 heteroatoms. The van der Waals surface area contributed by atoms with Crippen LogP contribution in [0.25, 0.3) is 0 Å². The van der Waals surface area contributed by atoms with Gasteiger partial charge < -0.3 is 19.7 Å². The van der Waals surface area contributed by atoms with Crippen LogP contribution in [-0.2, 0) is 11.3 Å². The number of anilines is 1. The maximum atomic E-state index is 12.6.